The lowest BCUT2D eigenvalue weighted by molar-refractivity contribution is 0.110. The van der Waals surface area contributed by atoms with Crippen LogP contribution >= 0.6 is 0 Å². The maximum Gasteiger partial charge on any atom is 0.0594 e. The molecule has 0 aromatic heterocycles. The highest BCUT2D eigenvalue weighted by atomic mass is 16.5. The lowest BCUT2D eigenvalue weighted by Gasteiger charge is -2.17. The smallest absolute Gasteiger partial charge is 0.0594 e. The fraction of sp³-hybridized carbons (Fsp3) is 0.625. The van der Waals surface area contributed by atoms with Crippen LogP contribution < -0.4 is 11.1 Å². The summed E-state index contributed by atoms with van der Waals surface area (Å²) in [6, 6.07) is 8.69. The van der Waals surface area contributed by atoms with E-state index in [0.717, 1.165) is 18.7 Å². The van der Waals surface area contributed by atoms with E-state index in [9.17, 15) is 0 Å². The summed E-state index contributed by atoms with van der Waals surface area (Å²) in [5.74, 6) is 0. The van der Waals surface area contributed by atoms with E-state index in [1.165, 1.54) is 5.56 Å². The van der Waals surface area contributed by atoms with Gasteiger partial charge in [-0.2, -0.15) is 0 Å². The Morgan fingerprint density at radius 1 is 1.25 bits per heavy atom. The zero-order valence-electron chi connectivity index (χ0n) is 13.9. The van der Waals surface area contributed by atoms with Gasteiger partial charge in [-0.3, -0.25) is 4.90 Å². The number of hydrogen-bond acceptors (Lipinski definition) is 4. The third-order valence-corrected chi connectivity index (χ3v) is 2.98. The molecule has 20 heavy (non-hydrogen) atoms. The summed E-state index contributed by atoms with van der Waals surface area (Å²) in [5.41, 5.74) is 8.02. The predicted molar refractivity (Wildman–Crippen MR) is 84.6 cm³/mol. The van der Waals surface area contributed by atoms with Gasteiger partial charge in [0.15, 0.2) is 0 Å². The van der Waals surface area contributed by atoms with Crippen LogP contribution in [-0.4, -0.2) is 44.3 Å². The second-order valence-electron chi connectivity index (χ2n) is 5.36. The molecular weight excluding hydrogens is 250 g/mol. The second kappa shape index (κ2) is 9.88. The first-order valence-electron chi connectivity index (χ1n) is 7.81. The van der Waals surface area contributed by atoms with Crippen LogP contribution in [0.4, 0.5) is 0 Å². The highest BCUT2D eigenvalue weighted by molar-refractivity contribution is 5.22. The molecule has 0 fully saturated rings. The molecule has 0 aliphatic carbocycles. The van der Waals surface area contributed by atoms with Gasteiger partial charge in [0, 0.05) is 33.6 Å². The summed E-state index contributed by atoms with van der Waals surface area (Å²) in [5, 5.41) is 3.10. The number of benzene rings is 1. The maximum absolute atomic E-state index is 7.75. The zero-order valence-corrected chi connectivity index (χ0v) is 12.9. The standard InChI is InChI=1S/C16H29N3O/c1-14(2)18-8-10-20-11-9-19(3)13-16-6-4-15(12-17)5-7-16/h4-7,14,18H,8-13,17H2,1-3H3/i8D. The van der Waals surface area contributed by atoms with Crippen molar-refractivity contribution in [3.63, 3.8) is 0 Å². The molecule has 1 rings (SSSR count). The molecule has 1 atom stereocenters. The Morgan fingerprint density at radius 2 is 1.90 bits per heavy atom. The van der Waals surface area contributed by atoms with E-state index < -0.39 is 0 Å². The van der Waals surface area contributed by atoms with Crippen molar-refractivity contribution in [1.82, 2.24) is 10.2 Å². The van der Waals surface area contributed by atoms with Crippen molar-refractivity contribution >= 4 is 0 Å². The van der Waals surface area contributed by atoms with E-state index >= 15 is 0 Å². The van der Waals surface area contributed by atoms with Gasteiger partial charge >= 0.3 is 0 Å². The minimum absolute atomic E-state index is 0.315. The third-order valence-electron chi connectivity index (χ3n) is 2.98. The average molecular weight is 280 g/mol. The van der Waals surface area contributed by atoms with Gasteiger partial charge in [-0.15, -0.1) is 0 Å². The summed E-state index contributed by atoms with van der Waals surface area (Å²) in [6.45, 7) is 7.12. The molecule has 0 spiro atoms. The number of hydrogen-bond donors (Lipinski definition) is 2. The van der Waals surface area contributed by atoms with Gasteiger partial charge in [-0.05, 0) is 18.2 Å². The minimum atomic E-state index is -0.348. The molecule has 1 unspecified atom stereocenters. The number of ether oxygens (including phenoxy) is 1. The summed E-state index contributed by atoms with van der Waals surface area (Å²) in [6.07, 6.45) is 0. The molecule has 3 N–H and O–H groups in total. The van der Waals surface area contributed by atoms with Crippen molar-refractivity contribution in [1.29, 1.82) is 0 Å². The molecule has 0 saturated heterocycles. The van der Waals surface area contributed by atoms with Crippen LogP contribution in [0, 0.1) is 0 Å². The molecule has 0 bridgehead atoms. The third kappa shape index (κ3) is 7.60. The molecular formula is C16H29N3O. The van der Waals surface area contributed by atoms with E-state index in [4.69, 9.17) is 11.8 Å². The van der Waals surface area contributed by atoms with Crippen molar-refractivity contribution in [3.05, 3.63) is 35.4 Å². The van der Waals surface area contributed by atoms with E-state index in [1.54, 1.807) is 0 Å². The Bertz CT molecular complexity index is 384. The van der Waals surface area contributed by atoms with Crippen LogP contribution in [0.25, 0.3) is 0 Å². The van der Waals surface area contributed by atoms with Crippen LogP contribution in [0.3, 0.4) is 0 Å². The molecule has 0 saturated carbocycles. The summed E-state index contributed by atoms with van der Waals surface area (Å²) >= 11 is 0. The maximum atomic E-state index is 7.75. The van der Waals surface area contributed by atoms with Crippen molar-refractivity contribution in [2.24, 2.45) is 5.73 Å². The lowest BCUT2D eigenvalue weighted by atomic mass is 10.1. The number of likely N-dealkylation sites (N-methyl/N-ethyl adjacent to an activating group) is 1. The van der Waals surface area contributed by atoms with Gasteiger partial charge in [0.1, 0.15) is 0 Å². The van der Waals surface area contributed by atoms with Gasteiger partial charge in [0.25, 0.3) is 0 Å². The molecule has 0 heterocycles. The van der Waals surface area contributed by atoms with Gasteiger partial charge in [0.2, 0.25) is 0 Å². The number of nitrogens with one attached hydrogen (secondary N) is 1. The summed E-state index contributed by atoms with van der Waals surface area (Å²) < 4.78 is 13.3. The highest BCUT2D eigenvalue weighted by Gasteiger charge is 2.01. The molecule has 0 aliphatic rings. The first-order valence-corrected chi connectivity index (χ1v) is 7.23. The van der Waals surface area contributed by atoms with Crippen LogP contribution in [0.2, 0.25) is 0 Å². The lowest BCUT2D eigenvalue weighted by Crippen LogP contribution is -2.28. The van der Waals surface area contributed by atoms with E-state index in [1.807, 2.05) is 13.8 Å². The fourth-order valence-electron chi connectivity index (χ4n) is 1.82. The fourth-order valence-corrected chi connectivity index (χ4v) is 1.82. The van der Waals surface area contributed by atoms with Crippen molar-refractivity contribution in [2.45, 2.75) is 33.0 Å². The topological polar surface area (TPSA) is 50.5 Å². The highest BCUT2D eigenvalue weighted by Crippen LogP contribution is 2.06. The Hall–Kier alpha value is -0.940. The van der Waals surface area contributed by atoms with E-state index in [0.29, 0.717) is 25.8 Å². The zero-order chi connectivity index (χ0) is 15.7. The first kappa shape index (κ1) is 15.4. The molecule has 0 aliphatic heterocycles. The molecule has 4 nitrogen and oxygen atoms in total. The number of nitrogens with two attached hydrogens (primary N) is 1. The SMILES string of the molecule is [2H]C(COCCN(C)Cc1ccc(CN)cc1)NC(C)C. The Balaban J connectivity index is 2.17. The van der Waals surface area contributed by atoms with Gasteiger partial charge < -0.3 is 15.8 Å². The molecule has 114 valence electrons. The molecule has 1 aromatic rings. The Labute approximate surface area is 124 Å². The van der Waals surface area contributed by atoms with Crippen LogP contribution in [0.5, 0.6) is 0 Å². The molecule has 4 heteroatoms. The minimum Gasteiger partial charge on any atom is -0.379 e. The molecule has 1 aromatic carbocycles. The largest absolute Gasteiger partial charge is 0.379 e. The van der Waals surface area contributed by atoms with Crippen molar-refractivity contribution in [2.75, 3.05) is 33.3 Å². The number of nitrogens with zero attached hydrogens (tertiary/aromatic N) is 1. The second-order valence-corrected chi connectivity index (χ2v) is 5.36. The predicted octanol–water partition coefficient (Wildman–Crippen LogP) is 1.59. The first-order chi connectivity index (χ1) is 10.0. The number of rotatable bonds is 10. The van der Waals surface area contributed by atoms with E-state index in [-0.39, 0.29) is 6.52 Å². The molecule has 0 amide bonds. The summed E-state index contributed by atoms with van der Waals surface area (Å²) in [4.78, 5) is 2.21. The van der Waals surface area contributed by atoms with Gasteiger partial charge in [-0.1, -0.05) is 38.1 Å². The van der Waals surface area contributed by atoms with Crippen LogP contribution in [0.1, 0.15) is 26.3 Å². The summed E-state index contributed by atoms with van der Waals surface area (Å²) in [7, 11) is 2.07. The monoisotopic (exact) mass is 280 g/mol. The van der Waals surface area contributed by atoms with Crippen LogP contribution in [0.15, 0.2) is 24.3 Å². The normalized spacial score (nSPS) is 13.8. The van der Waals surface area contributed by atoms with Crippen molar-refractivity contribution < 1.29 is 6.11 Å². The Kier molecular flexibility index (Phi) is 7.64. The van der Waals surface area contributed by atoms with Gasteiger partial charge in [0.05, 0.1) is 13.2 Å². The van der Waals surface area contributed by atoms with Crippen molar-refractivity contribution in [3.8, 4) is 0 Å². The van der Waals surface area contributed by atoms with E-state index in [2.05, 4.69) is 41.5 Å². The quantitative estimate of drug-likeness (QED) is 0.639. The van der Waals surface area contributed by atoms with Crippen LogP contribution in [-0.2, 0) is 17.8 Å². The van der Waals surface area contributed by atoms with Gasteiger partial charge in [-0.25, -0.2) is 0 Å². The molecule has 0 radical (unpaired) electrons. The average Bonchev–Trinajstić information content (AvgIpc) is 2.44. The Morgan fingerprint density at radius 3 is 2.50 bits per heavy atom.